The maximum atomic E-state index is 12.7. The number of amides is 2. The van der Waals surface area contributed by atoms with Gasteiger partial charge in [-0.2, -0.15) is 0 Å². The van der Waals surface area contributed by atoms with Gasteiger partial charge < -0.3 is 15.4 Å². The second-order valence-electron chi connectivity index (χ2n) is 6.67. The molecule has 3 aromatic rings. The van der Waals surface area contributed by atoms with Crippen molar-refractivity contribution in [3.8, 4) is 5.69 Å². The molecule has 8 heteroatoms. The van der Waals surface area contributed by atoms with Gasteiger partial charge in [-0.05, 0) is 55.0 Å². The molecule has 0 saturated carbocycles. The minimum absolute atomic E-state index is 0.108. The second-order valence-corrected chi connectivity index (χ2v) is 6.67. The van der Waals surface area contributed by atoms with Crippen molar-refractivity contribution in [3.63, 3.8) is 0 Å². The third-order valence-electron chi connectivity index (χ3n) is 4.61. The first kappa shape index (κ1) is 21.5. The van der Waals surface area contributed by atoms with Gasteiger partial charge in [0.2, 0.25) is 0 Å². The lowest BCUT2D eigenvalue weighted by atomic mass is 10.1. The summed E-state index contributed by atoms with van der Waals surface area (Å²) in [4.78, 5) is 48.6. The number of ether oxygens (including phenoxy) is 1. The molecule has 2 N–H and O–H groups in total. The SMILES string of the molecule is COC(=O)CNC(=O)c1cccn(-c2ccc(NC(=O)c3ccccc3C)cc2)c1=O. The Labute approximate surface area is 178 Å². The van der Waals surface area contributed by atoms with E-state index in [-0.39, 0.29) is 18.0 Å². The largest absolute Gasteiger partial charge is 0.468 e. The summed E-state index contributed by atoms with van der Waals surface area (Å²) in [6, 6.07) is 16.9. The van der Waals surface area contributed by atoms with Crippen LogP contribution in [0, 0.1) is 6.92 Å². The molecule has 1 aromatic heterocycles. The Kier molecular flexibility index (Phi) is 6.61. The molecule has 158 valence electrons. The van der Waals surface area contributed by atoms with Gasteiger partial charge in [0.15, 0.2) is 0 Å². The highest BCUT2D eigenvalue weighted by atomic mass is 16.5. The third kappa shape index (κ3) is 5.05. The molecule has 0 aliphatic carbocycles. The monoisotopic (exact) mass is 419 g/mol. The molecule has 1 heterocycles. The van der Waals surface area contributed by atoms with Crippen LogP contribution in [0.2, 0.25) is 0 Å². The number of anilines is 1. The normalized spacial score (nSPS) is 10.3. The van der Waals surface area contributed by atoms with Gasteiger partial charge in [-0.3, -0.25) is 23.7 Å². The molecule has 31 heavy (non-hydrogen) atoms. The van der Waals surface area contributed by atoms with Crippen LogP contribution in [0.1, 0.15) is 26.3 Å². The number of rotatable bonds is 6. The van der Waals surface area contributed by atoms with Gasteiger partial charge in [0.05, 0.1) is 7.11 Å². The van der Waals surface area contributed by atoms with Crippen LogP contribution in [0.5, 0.6) is 0 Å². The van der Waals surface area contributed by atoms with E-state index in [0.29, 0.717) is 16.9 Å². The van der Waals surface area contributed by atoms with Crippen molar-refractivity contribution in [3.05, 3.63) is 93.9 Å². The summed E-state index contributed by atoms with van der Waals surface area (Å²) < 4.78 is 5.77. The van der Waals surface area contributed by atoms with Crippen LogP contribution in [-0.4, -0.2) is 36.0 Å². The molecule has 2 aromatic carbocycles. The zero-order valence-corrected chi connectivity index (χ0v) is 17.0. The van der Waals surface area contributed by atoms with E-state index in [2.05, 4.69) is 15.4 Å². The highest BCUT2D eigenvalue weighted by Crippen LogP contribution is 2.15. The van der Waals surface area contributed by atoms with Crippen molar-refractivity contribution in [2.75, 3.05) is 19.0 Å². The van der Waals surface area contributed by atoms with Crippen LogP contribution in [0.3, 0.4) is 0 Å². The predicted octanol–water partition coefficient (Wildman–Crippen LogP) is 2.30. The first-order valence-corrected chi connectivity index (χ1v) is 9.45. The molecule has 0 atom stereocenters. The lowest BCUT2D eigenvalue weighted by Gasteiger charge is -2.11. The Morgan fingerprint density at radius 1 is 0.903 bits per heavy atom. The van der Waals surface area contributed by atoms with Gasteiger partial charge in [0, 0.05) is 23.1 Å². The van der Waals surface area contributed by atoms with Crippen LogP contribution in [0.4, 0.5) is 5.69 Å². The number of methoxy groups -OCH3 is 1. The summed E-state index contributed by atoms with van der Waals surface area (Å²) in [5.74, 6) is -1.52. The van der Waals surface area contributed by atoms with E-state index in [0.717, 1.165) is 5.56 Å². The van der Waals surface area contributed by atoms with E-state index in [1.165, 1.54) is 23.9 Å². The summed E-state index contributed by atoms with van der Waals surface area (Å²) in [6.45, 7) is 1.53. The van der Waals surface area contributed by atoms with Crippen molar-refractivity contribution in [1.82, 2.24) is 9.88 Å². The minimum atomic E-state index is -0.674. The number of nitrogens with one attached hydrogen (secondary N) is 2. The maximum Gasteiger partial charge on any atom is 0.325 e. The molecule has 8 nitrogen and oxygen atoms in total. The van der Waals surface area contributed by atoms with Gasteiger partial charge in [0.1, 0.15) is 12.1 Å². The Hall–Kier alpha value is -4.20. The number of hydrogen-bond acceptors (Lipinski definition) is 5. The van der Waals surface area contributed by atoms with E-state index in [4.69, 9.17) is 0 Å². The number of hydrogen-bond donors (Lipinski definition) is 2. The fraction of sp³-hybridized carbons (Fsp3) is 0.130. The van der Waals surface area contributed by atoms with Gasteiger partial charge in [-0.1, -0.05) is 18.2 Å². The molecule has 0 fully saturated rings. The topological polar surface area (TPSA) is 106 Å². The summed E-state index contributed by atoms with van der Waals surface area (Å²) in [5, 5.41) is 5.17. The number of nitrogens with zero attached hydrogens (tertiary/aromatic N) is 1. The third-order valence-corrected chi connectivity index (χ3v) is 4.61. The van der Waals surface area contributed by atoms with Crippen LogP contribution < -0.4 is 16.2 Å². The summed E-state index contributed by atoms with van der Waals surface area (Å²) >= 11 is 0. The van der Waals surface area contributed by atoms with Crippen molar-refractivity contribution < 1.29 is 19.1 Å². The fourth-order valence-corrected chi connectivity index (χ4v) is 2.92. The molecule has 2 amide bonds. The van der Waals surface area contributed by atoms with Crippen molar-refractivity contribution >= 4 is 23.5 Å². The molecular weight excluding hydrogens is 398 g/mol. The van der Waals surface area contributed by atoms with Gasteiger partial charge in [-0.25, -0.2) is 0 Å². The van der Waals surface area contributed by atoms with Crippen LogP contribution in [0.25, 0.3) is 5.69 Å². The first-order valence-electron chi connectivity index (χ1n) is 9.45. The number of pyridine rings is 1. The van der Waals surface area contributed by atoms with E-state index < -0.39 is 17.4 Å². The number of carbonyl (C=O) groups excluding carboxylic acids is 3. The number of esters is 1. The van der Waals surface area contributed by atoms with E-state index in [9.17, 15) is 19.2 Å². The Balaban J connectivity index is 1.77. The van der Waals surface area contributed by atoms with Crippen LogP contribution in [0.15, 0.2) is 71.7 Å². The summed E-state index contributed by atoms with van der Waals surface area (Å²) in [7, 11) is 1.21. The molecule has 0 spiro atoms. The highest BCUT2D eigenvalue weighted by Gasteiger charge is 2.14. The smallest absolute Gasteiger partial charge is 0.325 e. The zero-order valence-electron chi connectivity index (χ0n) is 17.0. The fourth-order valence-electron chi connectivity index (χ4n) is 2.92. The van der Waals surface area contributed by atoms with Crippen molar-refractivity contribution in [2.24, 2.45) is 0 Å². The molecule has 0 bridgehead atoms. The van der Waals surface area contributed by atoms with Crippen molar-refractivity contribution in [1.29, 1.82) is 0 Å². The Bertz CT molecular complexity index is 1180. The first-order chi connectivity index (χ1) is 14.9. The summed E-state index contributed by atoms with van der Waals surface area (Å²) in [5.41, 5.74) is 1.88. The molecular formula is C23H21N3O5. The average molecular weight is 419 g/mol. The number of benzene rings is 2. The minimum Gasteiger partial charge on any atom is -0.468 e. The average Bonchev–Trinajstić information content (AvgIpc) is 2.78. The quantitative estimate of drug-likeness (QED) is 0.597. The lowest BCUT2D eigenvalue weighted by molar-refractivity contribution is -0.139. The predicted molar refractivity (Wildman–Crippen MR) is 116 cm³/mol. The Morgan fingerprint density at radius 3 is 2.26 bits per heavy atom. The van der Waals surface area contributed by atoms with E-state index in [1.807, 2.05) is 19.1 Å². The molecule has 3 rings (SSSR count). The van der Waals surface area contributed by atoms with Crippen LogP contribution >= 0.6 is 0 Å². The standard InChI is InChI=1S/C23H21N3O5/c1-15-6-3-4-7-18(15)22(29)25-16-9-11-17(12-10-16)26-13-5-8-19(23(26)30)21(28)24-14-20(27)31-2/h3-13H,14H2,1-2H3,(H,24,28)(H,25,29). The van der Waals surface area contributed by atoms with Gasteiger partial charge >= 0.3 is 5.97 Å². The molecule has 0 radical (unpaired) electrons. The maximum absolute atomic E-state index is 12.7. The highest BCUT2D eigenvalue weighted by molar-refractivity contribution is 6.05. The zero-order chi connectivity index (χ0) is 22.4. The summed E-state index contributed by atoms with van der Waals surface area (Å²) in [6.07, 6.45) is 1.53. The van der Waals surface area contributed by atoms with Crippen LogP contribution in [-0.2, 0) is 9.53 Å². The van der Waals surface area contributed by atoms with Crippen molar-refractivity contribution in [2.45, 2.75) is 6.92 Å². The second kappa shape index (κ2) is 9.53. The molecule has 0 aliphatic heterocycles. The number of aromatic nitrogens is 1. The van der Waals surface area contributed by atoms with Gasteiger partial charge in [0.25, 0.3) is 17.4 Å². The van der Waals surface area contributed by atoms with E-state index >= 15 is 0 Å². The van der Waals surface area contributed by atoms with Gasteiger partial charge in [-0.15, -0.1) is 0 Å². The lowest BCUT2D eigenvalue weighted by Crippen LogP contribution is -2.35. The number of carbonyl (C=O) groups is 3. The molecule has 0 saturated heterocycles. The molecule has 0 unspecified atom stereocenters. The van der Waals surface area contributed by atoms with E-state index in [1.54, 1.807) is 42.5 Å². The Morgan fingerprint density at radius 2 is 1.58 bits per heavy atom. The molecule has 0 aliphatic rings. The number of aryl methyl sites for hydroxylation is 1.